The standard InChI is InChI=1S/C50H60N10O6S/c1-30(2)44(48(63)59-26-36(61)23-40(59)47(62)52-31(3)33-11-13-34(14-12-33)45-32(4)51-29-67-45)42-25-43(56-66-42)65-22-21-57-17-15-35(16-18-57)58-19-20-60-39-24-38(37-9-7-8-10-41(37)64-6)54-55-46(39)53-49(5)27-50(49,60)28-58/h7-14,24-25,29-31,35,40,44H,15-23,26-28H2,1-6H3,(H,52,62)(H,53,55)/t31-,40-,44+,49?,50-/m0/s1. The number of anilines is 2. The molecule has 1 saturated carbocycles. The number of nitrogens with one attached hydrogen (secondary N) is 2. The lowest BCUT2D eigenvalue weighted by Gasteiger charge is -2.51. The molecule has 3 aromatic heterocycles. The second-order valence-corrected chi connectivity index (χ2v) is 20.4. The highest BCUT2D eigenvalue weighted by Gasteiger charge is 2.72. The molecule has 7 heterocycles. The van der Waals surface area contributed by atoms with Crippen molar-refractivity contribution in [2.24, 2.45) is 5.92 Å². The Morgan fingerprint density at radius 1 is 1.03 bits per heavy atom. The van der Waals surface area contributed by atoms with E-state index in [-0.39, 0.29) is 53.6 Å². The zero-order valence-electron chi connectivity index (χ0n) is 39.2. The summed E-state index contributed by atoms with van der Waals surface area (Å²) in [5.41, 5.74) is 7.62. The predicted octanol–water partition coefficient (Wildman–Crippen LogP) is 6.35. The van der Waals surface area contributed by atoms with Crippen molar-refractivity contribution in [3.63, 3.8) is 0 Å². The largest absolute Gasteiger partial charge is 0.496 e. The van der Waals surface area contributed by atoms with E-state index in [1.807, 2.05) is 81.7 Å². The molecule has 16 nitrogen and oxygen atoms in total. The van der Waals surface area contributed by atoms with Crippen molar-refractivity contribution >= 4 is 40.4 Å². The third kappa shape index (κ3) is 8.43. The van der Waals surface area contributed by atoms with Crippen molar-refractivity contribution in [2.45, 2.75) is 95.4 Å². The number of fused-ring (bicyclic) bond motifs is 2. The average molecular weight is 929 g/mol. The summed E-state index contributed by atoms with van der Waals surface area (Å²) < 4.78 is 17.5. The van der Waals surface area contributed by atoms with Crippen molar-refractivity contribution in [1.29, 1.82) is 0 Å². The molecule has 17 heteroatoms. The minimum absolute atomic E-state index is 0.0112. The Morgan fingerprint density at radius 3 is 2.57 bits per heavy atom. The van der Waals surface area contributed by atoms with E-state index in [0.29, 0.717) is 24.3 Å². The summed E-state index contributed by atoms with van der Waals surface area (Å²) in [4.78, 5) is 55.4. The van der Waals surface area contributed by atoms with Crippen LogP contribution >= 0.6 is 11.3 Å². The summed E-state index contributed by atoms with van der Waals surface area (Å²) in [6, 6.07) is 19.1. The van der Waals surface area contributed by atoms with Gasteiger partial charge in [-0.25, -0.2) is 4.98 Å². The number of aromatic nitrogens is 4. The summed E-state index contributed by atoms with van der Waals surface area (Å²) in [5, 5.41) is 20.3. The van der Waals surface area contributed by atoms with Gasteiger partial charge in [0.25, 0.3) is 5.88 Å². The van der Waals surface area contributed by atoms with E-state index in [1.165, 1.54) is 4.90 Å². The van der Waals surface area contributed by atoms with Crippen LogP contribution in [0.3, 0.4) is 0 Å². The zero-order valence-corrected chi connectivity index (χ0v) is 40.0. The fourth-order valence-electron chi connectivity index (χ4n) is 11.1. The highest BCUT2D eigenvalue weighted by molar-refractivity contribution is 7.13. The quantitative estimate of drug-likeness (QED) is 0.126. The van der Waals surface area contributed by atoms with Crippen LogP contribution < -0.4 is 25.0 Å². The lowest BCUT2D eigenvalue weighted by atomic mass is 9.91. The maximum atomic E-state index is 14.2. The Morgan fingerprint density at radius 2 is 1.82 bits per heavy atom. The SMILES string of the molecule is COc1ccccc1-c1cc2c(nn1)NC1(C)C[C@]13CN(C1CCN(CCOc4cc([C@H](C(=O)N5CC(=O)C[C@H]5C(=O)N[C@@H](C)c5ccc(-c6scnc6C)cc5)C(C)C)on4)CC1)CCN23. The molecule has 4 aliphatic heterocycles. The van der Waals surface area contributed by atoms with Crippen molar-refractivity contribution < 1.29 is 28.4 Å². The normalized spacial score (nSPS) is 23.8. The number of nitrogens with zero attached hydrogens (tertiary/aromatic N) is 8. The van der Waals surface area contributed by atoms with Gasteiger partial charge in [0.1, 0.15) is 24.3 Å². The summed E-state index contributed by atoms with van der Waals surface area (Å²) in [6.07, 6.45) is 3.20. The number of ether oxygens (including phenoxy) is 2. The van der Waals surface area contributed by atoms with E-state index < -0.39 is 12.0 Å². The summed E-state index contributed by atoms with van der Waals surface area (Å²) in [5.74, 6) is 0.510. The number of piperidine rings is 1. The first-order chi connectivity index (χ1) is 32.3. The molecule has 1 aliphatic carbocycles. The van der Waals surface area contributed by atoms with Gasteiger partial charge in [-0.2, -0.15) is 0 Å². The van der Waals surface area contributed by atoms with E-state index in [0.717, 1.165) is 109 Å². The topological polar surface area (TPSA) is 171 Å². The van der Waals surface area contributed by atoms with Gasteiger partial charge in [0.05, 0.1) is 58.2 Å². The highest BCUT2D eigenvalue weighted by Crippen LogP contribution is 2.61. The summed E-state index contributed by atoms with van der Waals surface area (Å²) in [7, 11) is 1.69. The Balaban J connectivity index is 0.708. The third-order valence-corrected chi connectivity index (χ3v) is 15.9. The van der Waals surface area contributed by atoms with Crippen LogP contribution in [0, 0.1) is 12.8 Å². The molecule has 0 radical (unpaired) electrons. The molecule has 2 amide bonds. The lowest BCUT2D eigenvalue weighted by Crippen LogP contribution is -2.64. The van der Waals surface area contributed by atoms with E-state index in [9.17, 15) is 14.4 Å². The van der Waals surface area contributed by atoms with E-state index >= 15 is 0 Å². The number of aryl methyl sites for hydroxylation is 1. The fourth-order valence-corrected chi connectivity index (χ4v) is 11.9. The van der Waals surface area contributed by atoms with Crippen molar-refractivity contribution in [1.82, 2.24) is 40.4 Å². The van der Waals surface area contributed by atoms with Crippen LogP contribution in [0.5, 0.6) is 11.6 Å². The van der Waals surface area contributed by atoms with Crippen LogP contribution in [-0.2, 0) is 14.4 Å². The van der Waals surface area contributed by atoms with Crippen LogP contribution in [0.4, 0.5) is 11.5 Å². The molecule has 0 bridgehead atoms. The van der Waals surface area contributed by atoms with Gasteiger partial charge in [0.2, 0.25) is 11.8 Å². The van der Waals surface area contributed by atoms with Crippen LogP contribution in [0.25, 0.3) is 21.7 Å². The number of Topliss-reactive ketones (excluding diaryl/α,β-unsaturated/α-hetero) is 1. The number of hydrogen-bond acceptors (Lipinski definition) is 15. The van der Waals surface area contributed by atoms with Crippen LogP contribution in [0.2, 0.25) is 0 Å². The number of thiazole rings is 1. The second kappa shape index (κ2) is 18.0. The van der Waals surface area contributed by atoms with Crippen molar-refractivity contribution in [3.8, 4) is 33.3 Å². The number of methoxy groups -OCH3 is 1. The third-order valence-electron chi connectivity index (χ3n) is 15.0. The number of carbonyl (C=O) groups excluding carboxylic acids is 3. The predicted molar refractivity (Wildman–Crippen MR) is 255 cm³/mol. The highest BCUT2D eigenvalue weighted by atomic mass is 32.1. The van der Waals surface area contributed by atoms with Crippen molar-refractivity contribution in [2.75, 3.05) is 69.7 Å². The summed E-state index contributed by atoms with van der Waals surface area (Å²) in [6.45, 7) is 16.0. The number of benzene rings is 2. The zero-order chi connectivity index (χ0) is 46.6. The minimum atomic E-state index is -0.917. The number of hydrogen-bond donors (Lipinski definition) is 2. The number of rotatable bonds is 14. The molecule has 5 aromatic rings. The first-order valence-corrected chi connectivity index (χ1v) is 24.5. The molecular weight excluding hydrogens is 869 g/mol. The van der Waals surface area contributed by atoms with Gasteiger partial charge in [0.15, 0.2) is 17.4 Å². The minimum Gasteiger partial charge on any atom is -0.496 e. The maximum Gasteiger partial charge on any atom is 0.254 e. The monoisotopic (exact) mass is 928 g/mol. The van der Waals surface area contributed by atoms with Gasteiger partial charge >= 0.3 is 0 Å². The molecular formula is C50H60N10O6S. The molecule has 5 aliphatic rings. The molecule has 2 N–H and O–H groups in total. The molecule has 5 atom stereocenters. The molecule has 10 rings (SSSR count). The van der Waals surface area contributed by atoms with E-state index in [4.69, 9.17) is 14.0 Å². The fraction of sp³-hybridized carbons (Fsp3) is 0.500. The molecule has 1 unspecified atom stereocenters. The number of carbonyl (C=O) groups is 3. The van der Waals surface area contributed by atoms with Gasteiger partial charge in [-0.05, 0) is 93.5 Å². The number of piperazine rings is 1. The Hall–Kier alpha value is -5.91. The van der Waals surface area contributed by atoms with E-state index in [2.05, 4.69) is 58.7 Å². The Bertz CT molecular complexity index is 2650. The van der Waals surface area contributed by atoms with E-state index in [1.54, 1.807) is 24.5 Å². The number of ketones is 1. The smallest absolute Gasteiger partial charge is 0.254 e. The van der Waals surface area contributed by atoms with Gasteiger partial charge in [-0.3, -0.25) is 24.2 Å². The van der Waals surface area contributed by atoms with Crippen LogP contribution in [0.1, 0.15) is 82.4 Å². The van der Waals surface area contributed by atoms with Gasteiger partial charge in [-0.15, -0.1) is 21.5 Å². The molecule has 2 aromatic carbocycles. The number of amides is 2. The number of likely N-dealkylation sites (tertiary alicyclic amines) is 2. The maximum absolute atomic E-state index is 14.2. The first kappa shape index (κ1) is 44.9. The molecule has 3 saturated heterocycles. The van der Waals surface area contributed by atoms with Gasteiger partial charge in [-0.1, -0.05) is 50.2 Å². The van der Waals surface area contributed by atoms with Gasteiger partial charge < -0.3 is 34.4 Å². The molecule has 352 valence electrons. The first-order valence-electron chi connectivity index (χ1n) is 23.6. The van der Waals surface area contributed by atoms with Crippen LogP contribution in [0.15, 0.2) is 70.7 Å². The molecule has 67 heavy (non-hydrogen) atoms. The molecule has 4 fully saturated rings. The lowest BCUT2D eigenvalue weighted by molar-refractivity contribution is -0.141. The molecule has 1 spiro atoms. The summed E-state index contributed by atoms with van der Waals surface area (Å²) >= 11 is 1.59. The Kier molecular flexibility index (Phi) is 12.0. The second-order valence-electron chi connectivity index (χ2n) is 19.5. The van der Waals surface area contributed by atoms with Crippen molar-refractivity contribution in [3.05, 3.63) is 83.2 Å². The van der Waals surface area contributed by atoms with Gasteiger partial charge in [0, 0.05) is 50.3 Å². The Labute approximate surface area is 395 Å². The average Bonchev–Trinajstić information content (AvgIpc) is 3.80. The van der Waals surface area contributed by atoms with Crippen LogP contribution in [-0.4, -0.2) is 135 Å². The number of para-hydroxylation sites is 1.